The molecule has 3 rings (SSSR count). The van der Waals surface area contributed by atoms with Crippen LogP contribution < -0.4 is 4.74 Å². The van der Waals surface area contributed by atoms with Gasteiger partial charge in [0.25, 0.3) is 0 Å². The summed E-state index contributed by atoms with van der Waals surface area (Å²) >= 11 is 0. The molecule has 0 amide bonds. The molecule has 0 bridgehead atoms. The van der Waals surface area contributed by atoms with E-state index < -0.39 is 0 Å². The molecule has 0 aliphatic rings. The number of benzene rings is 2. The molecule has 3 heteroatoms. The molecule has 0 unspecified atom stereocenters. The second-order valence-corrected chi connectivity index (χ2v) is 6.33. The number of aromatic nitrogens is 2. The monoisotopic (exact) mass is 322 g/mol. The second-order valence-electron chi connectivity index (χ2n) is 6.33. The Morgan fingerprint density at radius 3 is 2.54 bits per heavy atom. The number of rotatable bonds is 8. The Balaban J connectivity index is 1.76. The molecule has 0 radical (unpaired) electrons. The molecule has 0 aliphatic carbocycles. The molecule has 0 saturated heterocycles. The standard InChI is InChI=1S/C21H26N2O/c1-3-4-5-8-15-23-20-10-7-6-9-19(20)22-21(23)16-24-18-13-11-17(2)12-14-18/h6-7,9-14H,3-5,8,15-16H2,1-2H3. The van der Waals surface area contributed by atoms with Gasteiger partial charge >= 0.3 is 0 Å². The fourth-order valence-corrected chi connectivity index (χ4v) is 2.96. The van der Waals surface area contributed by atoms with Crippen molar-refractivity contribution >= 4 is 11.0 Å². The van der Waals surface area contributed by atoms with Gasteiger partial charge in [-0.3, -0.25) is 0 Å². The van der Waals surface area contributed by atoms with Crippen LogP contribution in [-0.2, 0) is 13.2 Å². The summed E-state index contributed by atoms with van der Waals surface area (Å²) < 4.78 is 8.28. The number of aryl methyl sites for hydroxylation is 2. The minimum absolute atomic E-state index is 0.505. The van der Waals surface area contributed by atoms with Crippen LogP contribution in [0.4, 0.5) is 0 Å². The normalized spacial score (nSPS) is 11.1. The Bertz CT molecular complexity index is 774. The Morgan fingerprint density at radius 2 is 1.75 bits per heavy atom. The number of hydrogen-bond donors (Lipinski definition) is 0. The van der Waals surface area contributed by atoms with Gasteiger partial charge in [-0.1, -0.05) is 56.0 Å². The van der Waals surface area contributed by atoms with Gasteiger partial charge in [-0.25, -0.2) is 4.98 Å². The smallest absolute Gasteiger partial charge is 0.147 e. The zero-order valence-corrected chi connectivity index (χ0v) is 14.7. The topological polar surface area (TPSA) is 27.1 Å². The molecule has 0 saturated carbocycles. The minimum atomic E-state index is 0.505. The van der Waals surface area contributed by atoms with Crippen molar-refractivity contribution in [2.75, 3.05) is 0 Å². The average Bonchev–Trinajstić information content (AvgIpc) is 2.96. The average molecular weight is 322 g/mol. The number of ether oxygens (including phenoxy) is 1. The van der Waals surface area contributed by atoms with E-state index in [0.717, 1.165) is 23.6 Å². The van der Waals surface area contributed by atoms with E-state index in [4.69, 9.17) is 9.72 Å². The van der Waals surface area contributed by atoms with Crippen molar-refractivity contribution in [3.63, 3.8) is 0 Å². The van der Waals surface area contributed by atoms with E-state index in [1.165, 1.54) is 36.8 Å². The lowest BCUT2D eigenvalue weighted by Crippen LogP contribution is -2.07. The van der Waals surface area contributed by atoms with Crippen molar-refractivity contribution in [2.24, 2.45) is 0 Å². The first-order chi connectivity index (χ1) is 11.8. The zero-order valence-electron chi connectivity index (χ0n) is 14.7. The minimum Gasteiger partial charge on any atom is -0.486 e. The van der Waals surface area contributed by atoms with Crippen molar-refractivity contribution in [3.8, 4) is 5.75 Å². The number of imidazole rings is 1. The van der Waals surface area contributed by atoms with Crippen LogP contribution in [0.5, 0.6) is 5.75 Å². The SMILES string of the molecule is CCCCCCn1c(COc2ccc(C)cc2)nc2ccccc21. The van der Waals surface area contributed by atoms with Gasteiger partial charge in [0.2, 0.25) is 0 Å². The van der Waals surface area contributed by atoms with Crippen molar-refractivity contribution in [1.29, 1.82) is 0 Å². The maximum Gasteiger partial charge on any atom is 0.147 e. The van der Waals surface area contributed by atoms with Gasteiger partial charge in [-0.2, -0.15) is 0 Å². The molecule has 24 heavy (non-hydrogen) atoms. The molecule has 0 aliphatic heterocycles. The number of nitrogens with zero attached hydrogens (tertiary/aromatic N) is 2. The van der Waals surface area contributed by atoms with Crippen LogP contribution in [0.25, 0.3) is 11.0 Å². The summed E-state index contributed by atoms with van der Waals surface area (Å²) in [6.07, 6.45) is 5.00. The molecule has 3 aromatic rings. The van der Waals surface area contributed by atoms with Crippen LogP contribution in [0.2, 0.25) is 0 Å². The Labute approximate surface area is 144 Å². The summed E-state index contributed by atoms with van der Waals surface area (Å²) in [6, 6.07) is 16.5. The second kappa shape index (κ2) is 8.00. The third-order valence-corrected chi connectivity index (χ3v) is 4.36. The third kappa shape index (κ3) is 3.97. The van der Waals surface area contributed by atoms with Gasteiger partial charge in [0.05, 0.1) is 11.0 Å². The Morgan fingerprint density at radius 1 is 0.958 bits per heavy atom. The first kappa shape index (κ1) is 16.6. The summed E-state index contributed by atoms with van der Waals surface area (Å²) in [5, 5.41) is 0. The van der Waals surface area contributed by atoms with Gasteiger partial charge in [-0.15, -0.1) is 0 Å². The maximum atomic E-state index is 5.96. The Hall–Kier alpha value is -2.29. The van der Waals surface area contributed by atoms with Crippen LogP contribution >= 0.6 is 0 Å². The summed E-state index contributed by atoms with van der Waals surface area (Å²) in [4.78, 5) is 4.78. The lowest BCUT2D eigenvalue weighted by atomic mass is 10.2. The van der Waals surface area contributed by atoms with Crippen LogP contribution in [-0.4, -0.2) is 9.55 Å². The summed E-state index contributed by atoms with van der Waals surface area (Å²) in [5.74, 6) is 1.90. The molecule has 0 atom stereocenters. The van der Waals surface area contributed by atoms with E-state index in [0.29, 0.717) is 6.61 Å². The van der Waals surface area contributed by atoms with Gasteiger partial charge in [0.15, 0.2) is 0 Å². The highest BCUT2D eigenvalue weighted by molar-refractivity contribution is 5.75. The fourth-order valence-electron chi connectivity index (χ4n) is 2.96. The van der Waals surface area contributed by atoms with Crippen molar-refractivity contribution < 1.29 is 4.74 Å². The maximum absolute atomic E-state index is 5.96. The first-order valence-corrected chi connectivity index (χ1v) is 8.91. The van der Waals surface area contributed by atoms with E-state index >= 15 is 0 Å². The number of unbranched alkanes of at least 4 members (excludes halogenated alkanes) is 3. The van der Waals surface area contributed by atoms with E-state index in [1.807, 2.05) is 18.2 Å². The Kier molecular flexibility index (Phi) is 5.52. The highest BCUT2D eigenvalue weighted by atomic mass is 16.5. The highest BCUT2D eigenvalue weighted by Gasteiger charge is 2.10. The highest BCUT2D eigenvalue weighted by Crippen LogP contribution is 2.19. The zero-order chi connectivity index (χ0) is 16.8. The van der Waals surface area contributed by atoms with Gasteiger partial charge < -0.3 is 9.30 Å². The van der Waals surface area contributed by atoms with Gasteiger partial charge in [0, 0.05) is 6.54 Å². The van der Waals surface area contributed by atoms with Crippen LogP contribution in [0.3, 0.4) is 0 Å². The number of hydrogen-bond acceptors (Lipinski definition) is 2. The molecule has 2 aromatic carbocycles. The molecule has 3 nitrogen and oxygen atoms in total. The third-order valence-electron chi connectivity index (χ3n) is 4.36. The number of para-hydroxylation sites is 2. The quantitative estimate of drug-likeness (QED) is 0.512. The summed E-state index contributed by atoms with van der Waals surface area (Å²) in [7, 11) is 0. The molecule has 1 aromatic heterocycles. The summed E-state index contributed by atoms with van der Waals surface area (Å²) in [6.45, 7) is 5.84. The predicted molar refractivity (Wildman–Crippen MR) is 99.4 cm³/mol. The molecular weight excluding hydrogens is 296 g/mol. The molecule has 0 fully saturated rings. The predicted octanol–water partition coefficient (Wildman–Crippen LogP) is 5.50. The van der Waals surface area contributed by atoms with Crippen molar-refractivity contribution in [3.05, 3.63) is 59.9 Å². The van der Waals surface area contributed by atoms with E-state index in [-0.39, 0.29) is 0 Å². The number of fused-ring (bicyclic) bond motifs is 1. The molecule has 1 heterocycles. The van der Waals surface area contributed by atoms with E-state index in [1.54, 1.807) is 0 Å². The molecule has 0 N–H and O–H groups in total. The summed E-state index contributed by atoms with van der Waals surface area (Å²) in [5.41, 5.74) is 3.50. The van der Waals surface area contributed by atoms with Crippen LogP contribution in [0.1, 0.15) is 44.0 Å². The lowest BCUT2D eigenvalue weighted by Gasteiger charge is -2.10. The largest absolute Gasteiger partial charge is 0.486 e. The first-order valence-electron chi connectivity index (χ1n) is 8.91. The van der Waals surface area contributed by atoms with E-state index in [9.17, 15) is 0 Å². The van der Waals surface area contributed by atoms with Crippen LogP contribution in [0, 0.1) is 6.92 Å². The van der Waals surface area contributed by atoms with Gasteiger partial charge in [-0.05, 0) is 37.6 Å². The van der Waals surface area contributed by atoms with Gasteiger partial charge in [0.1, 0.15) is 18.2 Å². The van der Waals surface area contributed by atoms with Crippen molar-refractivity contribution in [2.45, 2.75) is 52.7 Å². The fraction of sp³-hybridized carbons (Fsp3) is 0.381. The molecular formula is C21H26N2O. The lowest BCUT2D eigenvalue weighted by molar-refractivity contribution is 0.289. The van der Waals surface area contributed by atoms with E-state index in [2.05, 4.69) is 48.7 Å². The van der Waals surface area contributed by atoms with Crippen molar-refractivity contribution in [1.82, 2.24) is 9.55 Å². The van der Waals surface area contributed by atoms with Crippen LogP contribution in [0.15, 0.2) is 48.5 Å². The molecule has 0 spiro atoms. The molecule has 126 valence electrons.